The Bertz CT molecular complexity index is 613. The molecule has 0 unspecified atom stereocenters. The molecule has 1 amide bonds. The van der Waals surface area contributed by atoms with Crippen molar-refractivity contribution in [1.29, 1.82) is 0 Å². The van der Waals surface area contributed by atoms with Crippen LogP contribution in [0, 0.1) is 0 Å². The Morgan fingerprint density at radius 2 is 2.00 bits per heavy atom. The summed E-state index contributed by atoms with van der Waals surface area (Å²) in [5.41, 5.74) is 7.62. The van der Waals surface area contributed by atoms with Crippen LogP contribution in [0.2, 0.25) is 0 Å². The van der Waals surface area contributed by atoms with Gasteiger partial charge in [-0.2, -0.15) is 0 Å². The molecule has 21 heavy (non-hydrogen) atoms. The Balaban J connectivity index is 2.25. The minimum atomic E-state index is -0.495. The highest BCUT2D eigenvalue weighted by Crippen LogP contribution is 2.22. The number of likely N-dealkylation sites (N-methyl/N-ethyl adjacent to an activating group) is 1. The minimum absolute atomic E-state index is 0.392. The van der Waals surface area contributed by atoms with Gasteiger partial charge in [-0.05, 0) is 37.9 Å². The molecule has 0 saturated carbocycles. The van der Waals surface area contributed by atoms with Gasteiger partial charge in [-0.3, -0.25) is 9.78 Å². The Kier molecular flexibility index (Phi) is 4.84. The van der Waals surface area contributed by atoms with Crippen molar-refractivity contribution in [3.05, 3.63) is 42.4 Å². The molecule has 6 nitrogen and oxygen atoms in total. The van der Waals surface area contributed by atoms with Gasteiger partial charge in [0.25, 0.3) is 5.91 Å². The first-order chi connectivity index (χ1) is 10.1. The van der Waals surface area contributed by atoms with E-state index in [1.807, 2.05) is 31.1 Å². The third-order valence-electron chi connectivity index (χ3n) is 3.02. The molecule has 6 heteroatoms. The molecule has 3 N–H and O–H groups in total. The lowest BCUT2D eigenvalue weighted by Crippen LogP contribution is -2.23. The molecule has 0 bridgehead atoms. The van der Waals surface area contributed by atoms with E-state index in [9.17, 15) is 4.79 Å². The highest BCUT2D eigenvalue weighted by molar-refractivity contribution is 5.98. The van der Waals surface area contributed by atoms with Gasteiger partial charge in [-0.15, -0.1) is 0 Å². The molecule has 0 aliphatic carbocycles. The zero-order chi connectivity index (χ0) is 15.2. The van der Waals surface area contributed by atoms with Crippen molar-refractivity contribution < 1.29 is 4.79 Å². The lowest BCUT2D eigenvalue weighted by Gasteiger charge is -2.13. The molecule has 2 rings (SSSR count). The van der Waals surface area contributed by atoms with Crippen molar-refractivity contribution in [1.82, 2.24) is 14.9 Å². The summed E-state index contributed by atoms with van der Waals surface area (Å²) in [6, 6.07) is 5.48. The molecule has 0 atom stereocenters. The van der Waals surface area contributed by atoms with Crippen molar-refractivity contribution >= 4 is 11.7 Å². The molecule has 0 saturated heterocycles. The lowest BCUT2D eigenvalue weighted by atomic mass is 10.1. The lowest BCUT2D eigenvalue weighted by molar-refractivity contribution is 0.100. The molecule has 2 heterocycles. The normalized spacial score (nSPS) is 10.6. The molecule has 2 aromatic rings. The second-order valence-electron chi connectivity index (χ2n) is 4.95. The van der Waals surface area contributed by atoms with Crippen LogP contribution in [0.25, 0.3) is 11.1 Å². The fourth-order valence-electron chi connectivity index (χ4n) is 1.89. The average molecular weight is 285 g/mol. The Hall–Kier alpha value is -2.47. The summed E-state index contributed by atoms with van der Waals surface area (Å²) in [4.78, 5) is 22.0. The van der Waals surface area contributed by atoms with E-state index < -0.39 is 5.91 Å². The van der Waals surface area contributed by atoms with Gasteiger partial charge in [0.05, 0.1) is 5.56 Å². The maximum absolute atomic E-state index is 11.6. The van der Waals surface area contributed by atoms with Crippen LogP contribution in [-0.4, -0.2) is 48.0 Å². The maximum atomic E-state index is 11.6. The number of nitrogens with two attached hydrogens (primary N) is 1. The zero-order valence-corrected chi connectivity index (χ0v) is 12.2. The first-order valence-electron chi connectivity index (χ1n) is 6.67. The molecule has 0 aliphatic rings. The van der Waals surface area contributed by atoms with E-state index in [4.69, 9.17) is 5.73 Å². The van der Waals surface area contributed by atoms with E-state index in [0.29, 0.717) is 17.9 Å². The van der Waals surface area contributed by atoms with Crippen LogP contribution in [0.3, 0.4) is 0 Å². The summed E-state index contributed by atoms with van der Waals surface area (Å²) in [6.07, 6.45) is 5.12. The molecular formula is C15H19N5O. The van der Waals surface area contributed by atoms with Gasteiger partial charge >= 0.3 is 0 Å². The van der Waals surface area contributed by atoms with Gasteiger partial charge in [0.15, 0.2) is 0 Å². The van der Waals surface area contributed by atoms with Crippen molar-refractivity contribution in [2.75, 3.05) is 32.5 Å². The molecule has 0 aliphatic heterocycles. The van der Waals surface area contributed by atoms with Crippen molar-refractivity contribution in [2.45, 2.75) is 0 Å². The van der Waals surface area contributed by atoms with Gasteiger partial charge in [0.2, 0.25) is 0 Å². The number of nitrogens with one attached hydrogen (secondary N) is 1. The van der Waals surface area contributed by atoms with Gasteiger partial charge < -0.3 is 16.0 Å². The molecule has 2 aromatic heterocycles. The number of aromatic nitrogens is 2. The number of hydrogen-bond donors (Lipinski definition) is 2. The number of carbonyl (C=O) groups excluding carboxylic acids is 1. The number of primary amides is 1. The van der Waals surface area contributed by atoms with Gasteiger partial charge in [0, 0.05) is 37.2 Å². The summed E-state index contributed by atoms with van der Waals surface area (Å²) < 4.78 is 0. The number of amides is 1. The van der Waals surface area contributed by atoms with Crippen LogP contribution < -0.4 is 11.1 Å². The van der Waals surface area contributed by atoms with Crippen LogP contribution in [0.5, 0.6) is 0 Å². The van der Waals surface area contributed by atoms with Crippen LogP contribution in [0.1, 0.15) is 10.4 Å². The third kappa shape index (κ3) is 4.00. The van der Waals surface area contributed by atoms with Crippen molar-refractivity contribution in [2.24, 2.45) is 5.73 Å². The Morgan fingerprint density at radius 3 is 2.62 bits per heavy atom. The maximum Gasteiger partial charge on any atom is 0.252 e. The molecule has 0 fully saturated rings. The Labute approximate surface area is 124 Å². The Morgan fingerprint density at radius 1 is 1.29 bits per heavy atom. The average Bonchev–Trinajstić information content (AvgIpc) is 2.48. The highest BCUT2D eigenvalue weighted by atomic mass is 16.1. The standard InChI is InChI=1S/C15H19N5O/c1-20(2)8-7-18-15-13(14(16)21)9-12(10-19-15)11-3-5-17-6-4-11/h3-6,9-10H,7-8H2,1-2H3,(H2,16,21)(H,18,19). The number of nitrogens with zero attached hydrogens (tertiary/aromatic N) is 3. The smallest absolute Gasteiger partial charge is 0.252 e. The van der Waals surface area contributed by atoms with Gasteiger partial charge in [-0.25, -0.2) is 4.98 Å². The quantitative estimate of drug-likeness (QED) is 0.833. The van der Waals surface area contributed by atoms with Crippen molar-refractivity contribution in [3.63, 3.8) is 0 Å². The number of anilines is 1. The summed E-state index contributed by atoms with van der Waals surface area (Å²) >= 11 is 0. The molecule has 0 aromatic carbocycles. The summed E-state index contributed by atoms with van der Waals surface area (Å²) in [5.74, 6) is 0.0212. The number of hydrogen-bond acceptors (Lipinski definition) is 5. The van der Waals surface area contributed by atoms with Gasteiger partial charge in [-0.1, -0.05) is 0 Å². The summed E-state index contributed by atoms with van der Waals surface area (Å²) in [5, 5.41) is 3.14. The zero-order valence-electron chi connectivity index (χ0n) is 12.2. The van der Waals surface area contributed by atoms with E-state index in [1.165, 1.54) is 0 Å². The molecule has 0 radical (unpaired) electrons. The predicted molar refractivity (Wildman–Crippen MR) is 83.0 cm³/mol. The molecule has 110 valence electrons. The topological polar surface area (TPSA) is 84.1 Å². The summed E-state index contributed by atoms with van der Waals surface area (Å²) in [7, 11) is 3.97. The van der Waals surface area contributed by atoms with E-state index in [-0.39, 0.29) is 0 Å². The monoisotopic (exact) mass is 285 g/mol. The number of rotatable bonds is 6. The van der Waals surface area contributed by atoms with E-state index in [1.54, 1.807) is 24.7 Å². The minimum Gasteiger partial charge on any atom is -0.368 e. The van der Waals surface area contributed by atoms with Crippen LogP contribution in [0.4, 0.5) is 5.82 Å². The van der Waals surface area contributed by atoms with Crippen LogP contribution >= 0.6 is 0 Å². The fraction of sp³-hybridized carbons (Fsp3) is 0.267. The predicted octanol–water partition coefficient (Wildman–Crippen LogP) is 1.22. The van der Waals surface area contributed by atoms with E-state index in [2.05, 4.69) is 15.3 Å². The van der Waals surface area contributed by atoms with Crippen LogP contribution in [0.15, 0.2) is 36.8 Å². The third-order valence-corrected chi connectivity index (χ3v) is 3.02. The second-order valence-corrected chi connectivity index (χ2v) is 4.95. The molecule has 0 spiro atoms. The van der Waals surface area contributed by atoms with Crippen LogP contribution in [-0.2, 0) is 0 Å². The van der Waals surface area contributed by atoms with Gasteiger partial charge in [0.1, 0.15) is 5.82 Å². The van der Waals surface area contributed by atoms with E-state index in [0.717, 1.165) is 17.7 Å². The number of carbonyl (C=O) groups is 1. The fourth-order valence-corrected chi connectivity index (χ4v) is 1.89. The summed E-state index contributed by atoms with van der Waals surface area (Å²) in [6.45, 7) is 1.53. The van der Waals surface area contributed by atoms with Crippen molar-refractivity contribution in [3.8, 4) is 11.1 Å². The highest BCUT2D eigenvalue weighted by Gasteiger charge is 2.11. The first kappa shape index (κ1) is 14.9. The van der Waals surface area contributed by atoms with E-state index >= 15 is 0 Å². The second kappa shape index (κ2) is 6.81. The number of pyridine rings is 2. The largest absolute Gasteiger partial charge is 0.368 e. The SMILES string of the molecule is CN(C)CCNc1ncc(-c2ccncc2)cc1C(N)=O. The first-order valence-corrected chi connectivity index (χ1v) is 6.67. The molecular weight excluding hydrogens is 266 g/mol.